The van der Waals surface area contributed by atoms with Crippen LogP contribution in [0.2, 0.25) is 5.02 Å². The number of nitrogens with zero attached hydrogens (tertiary/aromatic N) is 2. The molecule has 0 amide bonds. The van der Waals surface area contributed by atoms with Crippen LogP contribution < -0.4 is 5.32 Å². The average Bonchev–Trinajstić information content (AvgIpc) is 2.98. The summed E-state index contributed by atoms with van der Waals surface area (Å²) < 4.78 is 6.04. The van der Waals surface area contributed by atoms with Crippen LogP contribution in [0.15, 0.2) is 28.7 Å². The van der Waals surface area contributed by atoms with Gasteiger partial charge in [0.25, 0.3) is 0 Å². The summed E-state index contributed by atoms with van der Waals surface area (Å²) >= 11 is 6.19. The first-order valence-corrected chi connectivity index (χ1v) is 8.93. The van der Waals surface area contributed by atoms with Gasteiger partial charge in [-0.15, -0.1) is 5.10 Å². The van der Waals surface area contributed by atoms with Gasteiger partial charge < -0.3 is 9.73 Å². The van der Waals surface area contributed by atoms with Gasteiger partial charge in [-0.05, 0) is 68.4 Å². The summed E-state index contributed by atoms with van der Waals surface area (Å²) in [6, 6.07) is 8.05. The van der Waals surface area contributed by atoms with Crippen molar-refractivity contribution in [2.24, 2.45) is 17.8 Å². The van der Waals surface area contributed by atoms with Gasteiger partial charge in [0, 0.05) is 5.41 Å². The molecule has 0 spiro atoms. The fraction of sp³-hybridized carbons (Fsp3) is 0.556. The molecule has 1 N–H and O–H groups in total. The maximum atomic E-state index is 6.19. The number of benzene rings is 1. The van der Waals surface area contributed by atoms with Gasteiger partial charge in [-0.1, -0.05) is 28.8 Å². The molecule has 23 heavy (non-hydrogen) atoms. The lowest BCUT2D eigenvalue weighted by Gasteiger charge is -2.55. The quantitative estimate of drug-likeness (QED) is 0.867. The van der Waals surface area contributed by atoms with Crippen molar-refractivity contribution < 1.29 is 4.42 Å². The maximum Gasteiger partial charge on any atom is 0.320 e. The lowest BCUT2D eigenvalue weighted by molar-refractivity contribution is -0.0175. The second kappa shape index (κ2) is 4.97. The Morgan fingerprint density at radius 2 is 1.65 bits per heavy atom. The standard InChI is InChI=1S/C18H20ClN3O/c19-14-3-1-2-4-15(14)20-17-22-21-16(23-17)18-8-11-5-12(9-18)7-13(6-11)10-18/h1-4,11-13H,5-10H2,(H,20,22). The molecule has 5 heteroatoms. The summed E-state index contributed by atoms with van der Waals surface area (Å²) in [5, 5.41) is 12.4. The zero-order chi connectivity index (χ0) is 15.4. The highest BCUT2D eigenvalue weighted by Gasteiger charge is 2.54. The highest BCUT2D eigenvalue weighted by molar-refractivity contribution is 6.33. The largest absolute Gasteiger partial charge is 0.407 e. The van der Waals surface area contributed by atoms with Gasteiger partial charge in [0.05, 0.1) is 10.7 Å². The average molecular weight is 330 g/mol. The van der Waals surface area contributed by atoms with Gasteiger partial charge in [0.2, 0.25) is 5.89 Å². The Hall–Kier alpha value is -1.55. The van der Waals surface area contributed by atoms with Crippen LogP contribution in [-0.4, -0.2) is 10.2 Å². The van der Waals surface area contributed by atoms with Crippen molar-refractivity contribution in [2.75, 3.05) is 5.32 Å². The summed E-state index contributed by atoms with van der Waals surface area (Å²) in [6.07, 6.45) is 7.93. The van der Waals surface area contributed by atoms with Crippen LogP contribution >= 0.6 is 11.6 Å². The van der Waals surface area contributed by atoms with E-state index in [4.69, 9.17) is 16.0 Å². The van der Waals surface area contributed by atoms with E-state index in [1.807, 2.05) is 24.3 Å². The molecule has 0 unspecified atom stereocenters. The molecule has 2 aromatic rings. The predicted molar refractivity (Wildman–Crippen MR) is 88.9 cm³/mol. The lowest BCUT2D eigenvalue weighted by atomic mass is 9.49. The van der Waals surface area contributed by atoms with E-state index in [-0.39, 0.29) is 5.41 Å². The van der Waals surface area contributed by atoms with Crippen LogP contribution in [-0.2, 0) is 5.41 Å². The molecule has 4 aliphatic carbocycles. The number of rotatable bonds is 3. The van der Waals surface area contributed by atoms with E-state index in [1.165, 1.54) is 38.5 Å². The molecule has 4 aliphatic rings. The number of anilines is 2. The van der Waals surface area contributed by atoms with E-state index in [1.54, 1.807) is 0 Å². The molecule has 0 atom stereocenters. The number of hydrogen-bond acceptors (Lipinski definition) is 4. The molecular formula is C18H20ClN3O. The van der Waals surface area contributed by atoms with Crippen LogP contribution in [0.3, 0.4) is 0 Å². The third kappa shape index (κ3) is 2.26. The number of hydrogen-bond donors (Lipinski definition) is 1. The van der Waals surface area contributed by atoms with E-state index in [2.05, 4.69) is 15.5 Å². The minimum Gasteiger partial charge on any atom is -0.407 e. The molecule has 1 aromatic heterocycles. The zero-order valence-corrected chi connectivity index (χ0v) is 13.7. The third-order valence-electron chi connectivity index (χ3n) is 6.03. The summed E-state index contributed by atoms with van der Waals surface area (Å²) in [4.78, 5) is 0. The second-order valence-corrected chi connectivity index (χ2v) is 8.12. The van der Waals surface area contributed by atoms with E-state index in [9.17, 15) is 0 Å². The first-order chi connectivity index (χ1) is 11.2. The molecule has 120 valence electrons. The third-order valence-corrected chi connectivity index (χ3v) is 6.36. The zero-order valence-electron chi connectivity index (χ0n) is 13.0. The fourth-order valence-corrected chi connectivity index (χ4v) is 5.72. The molecule has 0 aliphatic heterocycles. The van der Waals surface area contributed by atoms with Crippen molar-refractivity contribution in [1.82, 2.24) is 10.2 Å². The summed E-state index contributed by atoms with van der Waals surface area (Å²) in [6.45, 7) is 0. The van der Waals surface area contributed by atoms with Crippen molar-refractivity contribution >= 4 is 23.3 Å². The SMILES string of the molecule is Clc1ccccc1Nc1nnc(C23CC4CC(CC(C4)C2)C3)o1. The monoisotopic (exact) mass is 329 g/mol. The minimum absolute atomic E-state index is 0.141. The molecule has 1 aromatic carbocycles. The smallest absolute Gasteiger partial charge is 0.320 e. The van der Waals surface area contributed by atoms with Gasteiger partial charge >= 0.3 is 6.01 Å². The molecule has 4 bridgehead atoms. The van der Waals surface area contributed by atoms with Crippen LogP contribution in [0.4, 0.5) is 11.7 Å². The van der Waals surface area contributed by atoms with Crippen LogP contribution in [0.25, 0.3) is 0 Å². The normalized spacial score (nSPS) is 34.7. The predicted octanol–water partition coefficient (Wildman–Crippen LogP) is 4.93. The second-order valence-electron chi connectivity index (χ2n) is 7.72. The van der Waals surface area contributed by atoms with Crippen molar-refractivity contribution in [3.63, 3.8) is 0 Å². The topological polar surface area (TPSA) is 51.0 Å². The number of para-hydroxylation sites is 1. The van der Waals surface area contributed by atoms with Gasteiger partial charge in [0.15, 0.2) is 0 Å². The van der Waals surface area contributed by atoms with Crippen molar-refractivity contribution in [3.8, 4) is 0 Å². The maximum absolute atomic E-state index is 6.19. The van der Waals surface area contributed by atoms with Crippen molar-refractivity contribution in [3.05, 3.63) is 35.2 Å². The summed E-state index contributed by atoms with van der Waals surface area (Å²) in [5.41, 5.74) is 0.942. The first kappa shape index (κ1) is 13.8. The molecule has 4 fully saturated rings. The van der Waals surface area contributed by atoms with Crippen LogP contribution in [0.5, 0.6) is 0 Å². The van der Waals surface area contributed by atoms with Gasteiger partial charge in [-0.25, -0.2) is 0 Å². The van der Waals surface area contributed by atoms with Gasteiger partial charge in [-0.2, -0.15) is 0 Å². The van der Waals surface area contributed by atoms with Crippen LogP contribution in [0, 0.1) is 17.8 Å². The van der Waals surface area contributed by atoms with E-state index >= 15 is 0 Å². The molecule has 1 heterocycles. The highest BCUT2D eigenvalue weighted by Crippen LogP contribution is 2.60. The Labute approximate surface area is 140 Å². The van der Waals surface area contributed by atoms with Gasteiger partial charge in [0.1, 0.15) is 0 Å². The molecular weight excluding hydrogens is 310 g/mol. The Balaban J connectivity index is 1.43. The number of aromatic nitrogens is 2. The first-order valence-electron chi connectivity index (χ1n) is 8.56. The molecule has 6 rings (SSSR count). The minimum atomic E-state index is 0.141. The molecule has 0 radical (unpaired) electrons. The van der Waals surface area contributed by atoms with Gasteiger partial charge in [-0.3, -0.25) is 0 Å². The Morgan fingerprint density at radius 1 is 1.00 bits per heavy atom. The molecule has 4 nitrogen and oxygen atoms in total. The highest BCUT2D eigenvalue weighted by atomic mass is 35.5. The molecule has 0 saturated heterocycles. The number of halogens is 1. The Morgan fingerprint density at radius 3 is 2.30 bits per heavy atom. The summed E-state index contributed by atoms with van der Waals surface area (Å²) in [7, 11) is 0. The summed E-state index contributed by atoms with van der Waals surface area (Å²) in [5.74, 6) is 3.44. The number of nitrogens with one attached hydrogen (secondary N) is 1. The Bertz CT molecular complexity index is 706. The molecule has 4 saturated carbocycles. The van der Waals surface area contributed by atoms with Crippen LogP contribution in [0.1, 0.15) is 44.4 Å². The van der Waals surface area contributed by atoms with E-state index < -0.39 is 0 Å². The lowest BCUT2D eigenvalue weighted by Crippen LogP contribution is -2.48. The Kier molecular flexibility index (Phi) is 2.99. The van der Waals surface area contributed by atoms with Crippen molar-refractivity contribution in [1.29, 1.82) is 0 Å². The van der Waals surface area contributed by atoms with E-state index in [0.717, 1.165) is 29.3 Å². The fourth-order valence-electron chi connectivity index (χ4n) is 5.54. The van der Waals surface area contributed by atoms with Crippen molar-refractivity contribution in [2.45, 2.75) is 43.9 Å². The van der Waals surface area contributed by atoms with E-state index in [0.29, 0.717) is 11.0 Å².